The van der Waals surface area contributed by atoms with E-state index in [1.807, 2.05) is 0 Å². The van der Waals surface area contributed by atoms with Crippen molar-refractivity contribution in [3.05, 3.63) is 16.9 Å². The third-order valence-electron chi connectivity index (χ3n) is 3.36. The second-order valence-electron chi connectivity index (χ2n) is 4.64. The Bertz CT molecular complexity index is 523. The molecule has 5 nitrogen and oxygen atoms in total. The van der Waals surface area contributed by atoms with Crippen LogP contribution in [0.15, 0.2) is 6.07 Å². The van der Waals surface area contributed by atoms with Crippen LogP contribution in [0.25, 0.3) is 0 Å². The average Bonchev–Trinajstić information content (AvgIpc) is 2.36. The van der Waals surface area contributed by atoms with Crippen LogP contribution in [-0.2, 0) is 4.79 Å². The van der Waals surface area contributed by atoms with E-state index in [1.165, 1.54) is 6.07 Å². The van der Waals surface area contributed by atoms with E-state index in [0.29, 0.717) is 13.0 Å². The topological polar surface area (TPSA) is 98.4 Å². The molecule has 1 unspecified atom stereocenters. The molecule has 0 aromatic heterocycles. The van der Waals surface area contributed by atoms with Gasteiger partial charge in [0.15, 0.2) is 5.82 Å². The van der Waals surface area contributed by atoms with Crippen LogP contribution >= 0.6 is 11.6 Å². The predicted molar refractivity (Wildman–Crippen MR) is 74.4 cm³/mol. The van der Waals surface area contributed by atoms with Crippen molar-refractivity contribution >= 4 is 34.6 Å². The van der Waals surface area contributed by atoms with Gasteiger partial charge in [0.25, 0.3) is 0 Å². The number of hydrogen-bond acceptors (Lipinski definition) is 4. The van der Waals surface area contributed by atoms with Gasteiger partial charge in [-0.15, -0.1) is 0 Å². The average molecular weight is 287 g/mol. The van der Waals surface area contributed by atoms with E-state index in [9.17, 15) is 9.18 Å². The number of nitrogens with two attached hydrogens (primary N) is 3. The van der Waals surface area contributed by atoms with E-state index < -0.39 is 17.8 Å². The van der Waals surface area contributed by atoms with Crippen LogP contribution in [0.4, 0.5) is 21.5 Å². The highest BCUT2D eigenvalue weighted by Crippen LogP contribution is 2.38. The van der Waals surface area contributed by atoms with Crippen molar-refractivity contribution in [3.63, 3.8) is 0 Å². The molecule has 0 aliphatic carbocycles. The zero-order chi connectivity index (χ0) is 14.2. The lowest BCUT2D eigenvalue weighted by Gasteiger charge is -2.36. The predicted octanol–water partition coefficient (Wildman–Crippen LogP) is 1.49. The molecule has 1 atom stereocenters. The van der Waals surface area contributed by atoms with Gasteiger partial charge >= 0.3 is 0 Å². The molecular weight excluding hydrogens is 271 g/mol. The molecule has 1 heterocycles. The molecule has 7 heteroatoms. The normalized spacial score (nSPS) is 19.5. The Balaban J connectivity index is 2.50. The van der Waals surface area contributed by atoms with Gasteiger partial charge in [-0.25, -0.2) is 4.39 Å². The standard InChI is InChI=1S/C12H16ClFN4O/c13-9-6(15)5-7(16)11(10(9)14)18-4-2-1-3-8(18)12(17)19/h5,8H,1-4,15-16H2,(H2,17,19). The second-order valence-corrected chi connectivity index (χ2v) is 5.02. The number of nitrogens with zero attached hydrogens (tertiary/aromatic N) is 1. The number of carbonyl (C=O) groups is 1. The molecule has 1 aromatic rings. The van der Waals surface area contributed by atoms with E-state index in [4.69, 9.17) is 28.8 Å². The number of halogens is 2. The molecule has 1 saturated heterocycles. The van der Waals surface area contributed by atoms with Crippen LogP contribution in [0, 0.1) is 5.82 Å². The second kappa shape index (κ2) is 5.13. The van der Waals surface area contributed by atoms with Gasteiger partial charge in [0.05, 0.1) is 17.1 Å². The largest absolute Gasteiger partial charge is 0.397 e. The first-order valence-corrected chi connectivity index (χ1v) is 6.40. The van der Waals surface area contributed by atoms with Crippen molar-refractivity contribution in [3.8, 4) is 0 Å². The van der Waals surface area contributed by atoms with E-state index in [1.54, 1.807) is 4.90 Å². The highest BCUT2D eigenvalue weighted by molar-refractivity contribution is 6.33. The third kappa shape index (κ3) is 2.40. The molecule has 0 spiro atoms. The summed E-state index contributed by atoms with van der Waals surface area (Å²) in [5, 5.41) is -0.182. The SMILES string of the molecule is NC(=O)C1CCCCN1c1c(N)cc(N)c(Cl)c1F. The van der Waals surface area contributed by atoms with E-state index in [-0.39, 0.29) is 22.1 Å². The summed E-state index contributed by atoms with van der Waals surface area (Å²) >= 11 is 5.80. The zero-order valence-corrected chi connectivity index (χ0v) is 11.1. The third-order valence-corrected chi connectivity index (χ3v) is 3.74. The van der Waals surface area contributed by atoms with Crippen LogP contribution in [0.1, 0.15) is 19.3 Å². The molecule has 0 radical (unpaired) electrons. The first-order valence-electron chi connectivity index (χ1n) is 6.02. The van der Waals surface area contributed by atoms with Crippen molar-refractivity contribution in [2.45, 2.75) is 25.3 Å². The fraction of sp³-hybridized carbons (Fsp3) is 0.417. The molecule has 104 valence electrons. The van der Waals surface area contributed by atoms with E-state index >= 15 is 0 Å². The van der Waals surface area contributed by atoms with Crippen LogP contribution in [0.3, 0.4) is 0 Å². The lowest BCUT2D eigenvalue weighted by Crippen LogP contribution is -2.48. The Morgan fingerprint density at radius 3 is 2.68 bits per heavy atom. The van der Waals surface area contributed by atoms with Crippen LogP contribution in [0.5, 0.6) is 0 Å². The maximum Gasteiger partial charge on any atom is 0.240 e. The summed E-state index contributed by atoms with van der Waals surface area (Å²) in [7, 11) is 0. The monoisotopic (exact) mass is 286 g/mol. The van der Waals surface area contributed by atoms with Gasteiger partial charge in [-0.1, -0.05) is 11.6 Å². The van der Waals surface area contributed by atoms with E-state index in [2.05, 4.69) is 0 Å². The number of anilines is 3. The van der Waals surface area contributed by atoms with Gasteiger partial charge in [-0.2, -0.15) is 0 Å². The Morgan fingerprint density at radius 1 is 1.37 bits per heavy atom. The van der Waals surface area contributed by atoms with Crippen molar-refractivity contribution in [1.82, 2.24) is 0 Å². The Hall–Kier alpha value is -1.69. The van der Waals surface area contributed by atoms with Crippen molar-refractivity contribution in [2.24, 2.45) is 5.73 Å². The number of rotatable bonds is 2. The van der Waals surface area contributed by atoms with Gasteiger partial charge in [0, 0.05) is 6.54 Å². The fourth-order valence-electron chi connectivity index (χ4n) is 2.44. The number of primary amides is 1. The summed E-state index contributed by atoms with van der Waals surface area (Å²) in [5.74, 6) is -1.20. The van der Waals surface area contributed by atoms with Crippen LogP contribution in [0.2, 0.25) is 5.02 Å². The quantitative estimate of drug-likeness (QED) is 0.717. The molecule has 1 fully saturated rings. The summed E-state index contributed by atoms with van der Waals surface area (Å²) in [6.45, 7) is 0.509. The van der Waals surface area contributed by atoms with Crippen molar-refractivity contribution in [2.75, 3.05) is 22.9 Å². The number of hydrogen-bond donors (Lipinski definition) is 3. The molecule has 1 aliphatic heterocycles. The molecule has 6 N–H and O–H groups in total. The van der Waals surface area contributed by atoms with Gasteiger partial charge in [0.1, 0.15) is 11.1 Å². The van der Waals surface area contributed by atoms with Crippen LogP contribution < -0.4 is 22.1 Å². The number of nitrogen functional groups attached to an aromatic ring is 2. The highest BCUT2D eigenvalue weighted by Gasteiger charge is 2.31. The Morgan fingerprint density at radius 2 is 2.05 bits per heavy atom. The van der Waals surface area contributed by atoms with E-state index in [0.717, 1.165) is 12.8 Å². The molecule has 1 aromatic carbocycles. The molecule has 0 bridgehead atoms. The highest BCUT2D eigenvalue weighted by atomic mass is 35.5. The zero-order valence-electron chi connectivity index (χ0n) is 10.3. The fourth-order valence-corrected chi connectivity index (χ4v) is 2.59. The summed E-state index contributed by atoms with van der Waals surface area (Å²) in [4.78, 5) is 13.1. The summed E-state index contributed by atoms with van der Waals surface area (Å²) in [6, 6.07) is 0.832. The molecule has 0 saturated carbocycles. The van der Waals surface area contributed by atoms with Crippen molar-refractivity contribution in [1.29, 1.82) is 0 Å². The minimum atomic E-state index is -0.702. The first kappa shape index (κ1) is 13.7. The van der Waals surface area contributed by atoms with Crippen LogP contribution in [-0.4, -0.2) is 18.5 Å². The van der Waals surface area contributed by atoms with Crippen molar-refractivity contribution < 1.29 is 9.18 Å². The Labute approximate surface area is 115 Å². The number of amides is 1. The number of piperidine rings is 1. The minimum Gasteiger partial charge on any atom is -0.397 e. The summed E-state index contributed by atoms with van der Waals surface area (Å²) in [6.07, 6.45) is 2.29. The molecular formula is C12H16ClFN4O. The minimum absolute atomic E-state index is 0.0769. The maximum absolute atomic E-state index is 14.3. The number of carbonyl (C=O) groups excluding carboxylic acids is 1. The molecule has 19 heavy (non-hydrogen) atoms. The lowest BCUT2D eigenvalue weighted by molar-refractivity contribution is -0.119. The van der Waals surface area contributed by atoms with Gasteiger partial charge in [-0.05, 0) is 25.3 Å². The van der Waals surface area contributed by atoms with Gasteiger partial charge in [-0.3, -0.25) is 4.79 Å². The van der Waals surface area contributed by atoms with Gasteiger partial charge < -0.3 is 22.1 Å². The Kier molecular flexibility index (Phi) is 3.71. The van der Waals surface area contributed by atoms with Gasteiger partial charge in [0.2, 0.25) is 5.91 Å². The smallest absolute Gasteiger partial charge is 0.240 e. The number of benzene rings is 1. The summed E-state index contributed by atoms with van der Waals surface area (Å²) < 4.78 is 14.3. The molecule has 1 aliphatic rings. The molecule has 2 rings (SSSR count). The summed E-state index contributed by atoms with van der Waals surface area (Å²) in [5.41, 5.74) is 17.1. The lowest BCUT2D eigenvalue weighted by atomic mass is 10.00. The first-order chi connectivity index (χ1) is 8.93. The maximum atomic E-state index is 14.3. The molecule has 1 amide bonds.